The second kappa shape index (κ2) is 5.87. The fourth-order valence-electron chi connectivity index (χ4n) is 0.410. The Morgan fingerprint density at radius 2 is 2.00 bits per heavy atom. The van der Waals surface area contributed by atoms with Crippen LogP contribution in [0.3, 0.4) is 0 Å². The Labute approximate surface area is 106 Å². The van der Waals surface area contributed by atoms with Crippen LogP contribution in [0.25, 0.3) is 0 Å². The van der Waals surface area contributed by atoms with Crippen LogP contribution in [-0.4, -0.2) is 30.3 Å². The molecular formula is C7H11NaO5S. The van der Waals surface area contributed by atoms with Gasteiger partial charge in [-0.2, -0.15) is 0 Å². The van der Waals surface area contributed by atoms with Gasteiger partial charge in [-0.1, -0.05) is 12.7 Å². The molecule has 0 aromatic rings. The van der Waals surface area contributed by atoms with Gasteiger partial charge in [0.1, 0.15) is 16.7 Å². The summed E-state index contributed by atoms with van der Waals surface area (Å²) in [6.07, 6.45) is 1.28. The molecule has 14 heavy (non-hydrogen) atoms. The van der Waals surface area contributed by atoms with E-state index in [0.717, 1.165) is 13.8 Å². The predicted molar refractivity (Wildman–Crippen MR) is 44.9 cm³/mol. The summed E-state index contributed by atoms with van der Waals surface area (Å²) in [5.41, 5.74) is 0. The molecule has 0 aromatic heterocycles. The predicted octanol–water partition coefficient (Wildman–Crippen LogP) is -2.96. The van der Waals surface area contributed by atoms with Crippen LogP contribution in [0.15, 0.2) is 12.7 Å². The van der Waals surface area contributed by atoms with Crippen molar-refractivity contribution in [1.29, 1.82) is 0 Å². The van der Waals surface area contributed by atoms with E-state index in [0.29, 0.717) is 0 Å². The maximum absolute atomic E-state index is 11.0. The van der Waals surface area contributed by atoms with Crippen molar-refractivity contribution in [3.8, 4) is 0 Å². The first kappa shape index (κ1) is 16.5. The van der Waals surface area contributed by atoms with Crippen LogP contribution in [0.2, 0.25) is 0 Å². The van der Waals surface area contributed by atoms with Crippen molar-refractivity contribution in [3.63, 3.8) is 0 Å². The number of rotatable bonds is 4. The Morgan fingerprint density at radius 3 is 2.29 bits per heavy atom. The second-order valence-electron chi connectivity index (χ2n) is 2.85. The minimum atomic E-state index is -4.69. The third kappa shape index (κ3) is 4.10. The fraction of sp³-hybridized carbons (Fsp3) is 0.571. The topological polar surface area (TPSA) is 83.5 Å². The summed E-state index contributed by atoms with van der Waals surface area (Å²) in [5.74, 6) is -1.07. The number of hydrogen-bond donors (Lipinski definition) is 0. The van der Waals surface area contributed by atoms with Crippen LogP contribution < -0.4 is 29.6 Å². The van der Waals surface area contributed by atoms with E-state index in [9.17, 15) is 17.8 Å². The summed E-state index contributed by atoms with van der Waals surface area (Å²) in [4.78, 5) is 11.0. The molecule has 0 bridgehead atoms. The molecule has 76 valence electrons. The molecule has 0 heterocycles. The summed E-state index contributed by atoms with van der Waals surface area (Å²) in [5, 5.41) is 0. The smallest absolute Gasteiger partial charge is 0.747 e. The molecule has 0 fully saturated rings. The quantitative estimate of drug-likeness (QED) is 0.223. The molecule has 0 saturated heterocycles. The van der Waals surface area contributed by atoms with E-state index in [-0.39, 0.29) is 36.2 Å². The van der Waals surface area contributed by atoms with Gasteiger partial charge in [-0.25, -0.2) is 8.42 Å². The minimum absolute atomic E-state index is 0. The molecule has 0 aromatic carbocycles. The Hall–Kier alpha value is 0.120. The molecule has 7 heteroatoms. The molecule has 0 rings (SSSR count). The first-order chi connectivity index (χ1) is 5.73. The normalized spacial score (nSPS) is 11.4. The zero-order valence-corrected chi connectivity index (χ0v) is 11.3. The van der Waals surface area contributed by atoms with Crippen LogP contribution in [-0.2, 0) is 19.6 Å². The van der Waals surface area contributed by atoms with Gasteiger partial charge in [0, 0.05) is 0 Å². The van der Waals surface area contributed by atoms with E-state index >= 15 is 0 Å². The molecule has 0 radical (unpaired) electrons. The summed E-state index contributed by atoms with van der Waals surface area (Å²) in [7, 11) is -4.69. The first-order valence-corrected chi connectivity index (χ1v) is 4.88. The van der Waals surface area contributed by atoms with Crippen LogP contribution in [0, 0.1) is 0 Å². The van der Waals surface area contributed by atoms with E-state index in [1.807, 2.05) is 0 Å². The first-order valence-electron chi connectivity index (χ1n) is 3.47. The summed E-state index contributed by atoms with van der Waals surface area (Å²) < 4.78 is 34.1. The van der Waals surface area contributed by atoms with Crippen LogP contribution in [0.5, 0.6) is 0 Å². The second-order valence-corrected chi connectivity index (χ2v) is 4.78. The van der Waals surface area contributed by atoms with E-state index in [1.165, 1.54) is 6.08 Å². The number of hydrogen-bond acceptors (Lipinski definition) is 5. The molecule has 0 aliphatic carbocycles. The van der Waals surface area contributed by atoms with Crippen LogP contribution in [0.4, 0.5) is 0 Å². The number of ether oxygens (including phenoxy) is 1. The zero-order chi connectivity index (χ0) is 10.7. The molecule has 5 nitrogen and oxygen atoms in total. The molecule has 0 aliphatic rings. The SMILES string of the molecule is C=CCOC(=O)C(C)(C)S(=O)(=O)[O-].[Na+]. The van der Waals surface area contributed by atoms with E-state index in [4.69, 9.17) is 0 Å². The average molecular weight is 230 g/mol. The van der Waals surface area contributed by atoms with Gasteiger partial charge >= 0.3 is 35.5 Å². The van der Waals surface area contributed by atoms with E-state index in [1.54, 1.807) is 0 Å². The van der Waals surface area contributed by atoms with Crippen molar-refractivity contribution < 1.29 is 52.1 Å². The average Bonchev–Trinajstić information content (AvgIpc) is 1.97. The number of carbonyl (C=O) groups is 1. The molecule has 0 unspecified atom stereocenters. The van der Waals surface area contributed by atoms with Crippen LogP contribution >= 0.6 is 0 Å². The van der Waals surface area contributed by atoms with E-state index in [2.05, 4.69) is 11.3 Å². The summed E-state index contributed by atoms with van der Waals surface area (Å²) in [6.45, 7) is 5.16. The maximum Gasteiger partial charge on any atom is 1.00 e. The fourth-order valence-corrected chi connectivity index (χ4v) is 0.674. The van der Waals surface area contributed by atoms with Gasteiger partial charge in [-0.05, 0) is 13.8 Å². The van der Waals surface area contributed by atoms with Crippen molar-refractivity contribution in [2.45, 2.75) is 18.6 Å². The molecule has 0 amide bonds. The summed E-state index contributed by atoms with van der Waals surface area (Å²) in [6, 6.07) is 0. The van der Waals surface area contributed by atoms with Gasteiger partial charge in [-0.3, -0.25) is 4.79 Å². The Bertz CT molecular complexity index is 306. The molecule has 0 saturated carbocycles. The van der Waals surface area contributed by atoms with E-state index < -0.39 is 20.8 Å². The van der Waals surface area contributed by atoms with Gasteiger partial charge in [0.2, 0.25) is 0 Å². The van der Waals surface area contributed by atoms with Crippen molar-refractivity contribution in [1.82, 2.24) is 0 Å². The van der Waals surface area contributed by atoms with Gasteiger partial charge in [0.15, 0.2) is 4.75 Å². The van der Waals surface area contributed by atoms with Gasteiger partial charge in [0.25, 0.3) is 0 Å². The number of carbonyl (C=O) groups excluding carboxylic acids is 1. The Balaban J connectivity index is 0. The third-order valence-corrected chi connectivity index (χ3v) is 2.87. The maximum atomic E-state index is 11.0. The molecular weight excluding hydrogens is 219 g/mol. The van der Waals surface area contributed by atoms with Crippen LogP contribution in [0.1, 0.15) is 13.8 Å². The zero-order valence-electron chi connectivity index (χ0n) is 8.44. The third-order valence-electron chi connectivity index (χ3n) is 1.45. The summed E-state index contributed by atoms with van der Waals surface area (Å²) >= 11 is 0. The van der Waals surface area contributed by atoms with Crippen molar-refractivity contribution in [2.75, 3.05) is 6.61 Å². The van der Waals surface area contributed by atoms with Crippen molar-refractivity contribution >= 4 is 16.1 Å². The van der Waals surface area contributed by atoms with Gasteiger partial charge in [-0.15, -0.1) is 0 Å². The molecule has 0 aliphatic heterocycles. The standard InChI is InChI=1S/C7H12O5S.Na/c1-4-5-12-6(8)7(2,3)13(9,10)11;/h4H,1,5H2,2-3H3,(H,9,10,11);/q;+1/p-1. The number of esters is 1. The van der Waals surface area contributed by atoms with Gasteiger partial charge in [0.05, 0.1) is 0 Å². The Morgan fingerprint density at radius 1 is 1.57 bits per heavy atom. The minimum Gasteiger partial charge on any atom is -0.747 e. The Kier molecular flexibility index (Phi) is 6.94. The molecule has 0 spiro atoms. The molecule has 0 atom stereocenters. The molecule has 0 N–H and O–H groups in total. The largest absolute Gasteiger partial charge is 1.00 e. The van der Waals surface area contributed by atoms with Crippen molar-refractivity contribution in [3.05, 3.63) is 12.7 Å². The monoisotopic (exact) mass is 230 g/mol. The van der Waals surface area contributed by atoms with Crippen molar-refractivity contribution in [2.24, 2.45) is 0 Å². The van der Waals surface area contributed by atoms with Gasteiger partial charge < -0.3 is 9.29 Å².